The zero-order chi connectivity index (χ0) is 38.1. The number of ether oxygens (including phenoxy) is 1. The molecule has 0 aromatic heterocycles. The van der Waals surface area contributed by atoms with Gasteiger partial charge in [-0.2, -0.15) is 0 Å². The van der Waals surface area contributed by atoms with E-state index in [1.54, 1.807) is 0 Å². The molecule has 2 heteroatoms. The second kappa shape index (κ2) is 13.0. The van der Waals surface area contributed by atoms with Crippen molar-refractivity contribution in [3.8, 4) is 67.1 Å². The van der Waals surface area contributed by atoms with E-state index in [9.17, 15) is 0 Å². The van der Waals surface area contributed by atoms with Gasteiger partial charge in [-0.05, 0) is 127 Å². The van der Waals surface area contributed by atoms with E-state index in [0.29, 0.717) is 0 Å². The van der Waals surface area contributed by atoms with E-state index >= 15 is 0 Å². The van der Waals surface area contributed by atoms with Crippen molar-refractivity contribution < 1.29 is 4.74 Å². The SMILES string of the molecule is CC1(C)c2ccccc2-c2ccc(N(c3cccc(-c4ccccc4)c3)c3ccc4c(c3)-c3cc(-c5ccccc5)ccc3-c3cc5ccccc5cc3O4)cc21. The van der Waals surface area contributed by atoms with Crippen LogP contribution in [-0.2, 0) is 5.41 Å². The minimum atomic E-state index is -0.136. The monoisotopic (exact) mass is 729 g/mol. The third-order valence-electron chi connectivity index (χ3n) is 12.0. The van der Waals surface area contributed by atoms with Gasteiger partial charge in [-0.1, -0.05) is 153 Å². The van der Waals surface area contributed by atoms with E-state index in [-0.39, 0.29) is 5.41 Å². The highest BCUT2D eigenvalue weighted by Gasteiger charge is 2.36. The van der Waals surface area contributed by atoms with Crippen molar-refractivity contribution in [3.05, 3.63) is 211 Å². The van der Waals surface area contributed by atoms with Crippen molar-refractivity contribution in [2.75, 3.05) is 4.90 Å². The molecule has 0 saturated heterocycles. The van der Waals surface area contributed by atoms with E-state index in [4.69, 9.17) is 4.74 Å². The summed E-state index contributed by atoms with van der Waals surface area (Å²) in [7, 11) is 0. The average Bonchev–Trinajstić information content (AvgIpc) is 3.40. The molecule has 0 saturated carbocycles. The third-order valence-corrected chi connectivity index (χ3v) is 12.0. The number of hydrogen-bond acceptors (Lipinski definition) is 2. The summed E-state index contributed by atoms with van der Waals surface area (Å²) in [4.78, 5) is 2.42. The summed E-state index contributed by atoms with van der Waals surface area (Å²) >= 11 is 0. The first-order chi connectivity index (χ1) is 28.0. The Bertz CT molecular complexity index is 3020. The number of benzene rings is 9. The van der Waals surface area contributed by atoms with Gasteiger partial charge in [0.15, 0.2) is 0 Å². The topological polar surface area (TPSA) is 12.5 Å². The summed E-state index contributed by atoms with van der Waals surface area (Å²) in [6.45, 7) is 4.70. The summed E-state index contributed by atoms with van der Waals surface area (Å²) in [5.41, 5.74) is 17.6. The Morgan fingerprint density at radius 1 is 0.333 bits per heavy atom. The van der Waals surface area contributed by atoms with Gasteiger partial charge in [0.25, 0.3) is 0 Å². The number of anilines is 3. The fraction of sp³-hybridized carbons (Fsp3) is 0.0545. The van der Waals surface area contributed by atoms with E-state index in [1.807, 2.05) is 0 Å². The first-order valence-corrected chi connectivity index (χ1v) is 19.7. The predicted molar refractivity (Wildman–Crippen MR) is 238 cm³/mol. The highest BCUT2D eigenvalue weighted by atomic mass is 16.5. The molecule has 2 nitrogen and oxygen atoms in total. The summed E-state index contributed by atoms with van der Waals surface area (Å²) < 4.78 is 6.97. The van der Waals surface area contributed by atoms with Crippen LogP contribution in [0.15, 0.2) is 200 Å². The highest BCUT2D eigenvalue weighted by Crippen LogP contribution is 2.53. The Labute approximate surface area is 333 Å². The Kier molecular flexibility index (Phi) is 7.55. The molecule has 1 aliphatic heterocycles. The van der Waals surface area contributed by atoms with Crippen molar-refractivity contribution in [3.63, 3.8) is 0 Å². The molecule has 0 bridgehead atoms. The largest absolute Gasteiger partial charge is 0.456 e. The number of fused-ring (bicyclic) bond motifs is 9. The molecule has 9 aromatic rings. The molecule has 0 spiro atoms. The van der Waals surface area contributed by atoms with Gasteiger partial charge in [0.1, 0.15) is 11.5 Å². The first kappa shape index (κ1) is 33.2. The Hall–Kier alpha value is -7.16. The van der Waals surface area contributed by atoms with Crippen molar-refractivity contribution in [1.29, 1.82) is 0 Å². The lowest BCUT2D eigenvalue weighted by Gasteiger charge is -2.29. The second-order valence-corrected chi connectivity index (χ2v) is 15.8. The standard InChI is InChI=1S/C55H39NO/c1-55(2)51-23-12-11-22-46(51)47-28-25-44(35-52(47)55)56(42-21-13-20-38(30-42)36-14-5-3-6-15-36)43-26-29-53-50(34-43)48-31-41(37-16-7-4-8-17-37)24-27-45(48)49-32-39-18-9-10-19-40(39)33-54(49)57-53/h3-35H,1-2H3. The maximum Gasteiger partial charge on any atom is 0.135 e. The van der Waals surface area contributed by atoms with Crippen LogP contribution >= 0.6 is 0 Å². The van der Waals surface area contributed by atoms with E-state index in [2.05, 4.69) is 219 Å². The number of rotatable bonds is 5. The molecule has 0 atom stereocenters. The Morgan fingerprint density at radius 2 is 0.912 bits per heavy atom. The van der Waals surface area contributed by atoms with Crippen molar-refractivity contribution in [1.82, 2.24) is 0 Å². The summed E-state index contributed by atoms with van der Waals surface area (Å²) in [6.07, 6.45) is 0. The summed E-state index contributed by atoms with van der Waals surface area (Å²) in [6, 6.07) is 72.7. The van der Waals surface area contributed by atoms with Gasteiger partial charge in [0.05, 0.1) is 0 Å². The normalized spacial score (nSPS) is 13.0. The Morgan fingerprint density at radius 3 is 1.70 bits per heavy atom. The summed E-state index contributed by atoms with van der Waals surface area (Å²) in [5, 5.41) is 2.35. The van der Waals surface area contributed by atoms with Crippen LogP contribution in [-0.4, -0.2) is 0 Å². The third kappa shape index (κ3) is 5.48. The molecule has 270 valence electrons. The van der Waals surface area contributed by atoms with Crippen LogP contribution < -0.4 is 9.64 Å². The molecule has 1 aliphatic carbocycles. The highest BCUT2D eigenvalue weighted by molar-refractivity contribution is 5.99. The molecule has 9 aromatic carbocycles. The molecule has 0 unspecified atom stereocenters. The second-order valence-electron chi connectivity index (χ2n) is 15.8. The number of hydrogen-bond donors (Lipinski definition) is 0. The zero-order valence-corrected chi connectivity index (χ0v) is 31.9. The predicted octanol–water partition coefficient (Wildman–Crippen LogP) is 15.4. The lowest BCUT2D eigenvalue weighted by atomic mass is 9.82. The maximum absolute atomic E-state index is 6.97. The van der Waals surface area contributed by atoms with E-state index < -0.39 is 0 Å². The molecule has 0 N–H and O–H groups in total. The van der Waals surface area contributed by atoms with Crippen LogP contribution in [0.2, 0.25) is 0 Å². The van der Waals surface area contributed by atoms with Crippen LogP contribution in [0.25, 0.3) is 66.4 Å². The van der Waals surface area contributed by atoms with Crippen molar-refractivity contribution in [2.45, 2.75) is 19.3 Å². The van der Waals surface area contributed by atoms with Gasteiger partial charge in [-0.15, -0.1) is 0 Å². The quantitative estimate of drug-likeness (QED) is 0.175. The molecule has 1 heterocycles. The van der Waals surface area contributed by atoms with Gasteiger partial charge in [0.2, 0.25) is 0 Å². The van der Waals surface area contributed by atoms with Gasteiger partial charge >= 0.3 is 0 Å². The minimum absolute atomic E-state index is 0.136. The van der Waals surface area contributed by atoms with E-state index in [0.717, 1.165) is 56.2 Å². The van der Waals surface area contributed by atoms with Crippen molar-refractivity contribution >= 4 is 27.8 Å². The van der Waals surface area contributed by atoms with Gasteiger partial charge in [-0.25, -0.2) is 0 Å². The van der Waals surface area contributed by atoms with Crippen LogP contribution in [0.5, 0.6) is 11.5 Å². The summed E-state index contributed by atoms with van der Waals surface area (Å²) in [5.74, 6) is 1.70. The lowest BCUT2D eigenvalue weighted by Crippen LogP contribution is -2.16. The molecule has 0 radical (unpaired) electrons. The molecule has 2 aliphatic rings. The van der Waals surface area contributed by atoms with Gasteiger partial charge < -0.3 is 9.64 Å². The van der Waals surface area contributed by atoms with Crippen LogP contribution in [0.4, 0.5) is 17.1 Å². The maximum atomic E-state index is 6.97. The molecule has 0 fully saturated rings. The molecule has 0 amide bonds. The molecule has 57 heavy (non-hydrogen) atoms. The van der Waals surface area contributed by atoms with Crippen LogP contribution in [0.1, 0.15) is 25.0 Å². The minimum Gasteiger partial charge on any atom is -0.456 e. The average molecular weight is 730 g/mol. The van der Waals surface area contributed by atoms with Crippen LogP contribution in [0, 0.1) is 0 Å². The fourth-order valence-electron chi connectivity index (χ4n) is 9.14. The Balaban J connectivity index is 1.14. The smallest absolute Gasteiger partial charge is 0.135 e. The van der Waals surface area contributed by atoms with E-state index in [1.165, 1.54) is 49.9 Å². The first-order valence-electron chi connectivity index (χ1n) is 19.7. The lowest BCUT2D eigenvalue weighted by molar-refractivity contribution is 0.488. The van der Waals surface area contributed by atoms with Gasteiger partial charge in [-0.3, -0.25) is 0 Å². The fourth-order valence-corrected chi connectivity index (χ4v) is 9.14. The zero-order valence-electron chi connectivity index (χ0n) is 31.9. The number of nitrogens with zero attached hydrogens (tertiary/aromatic N) is 1. The van der Waals surface area contributed by atoms with Crippen molar-refractivity contribution in [2.24, 2.45) is 0 Å². The van der Waals surface area contributed by atoms with Gasteiger partial charge in [0, 0.05) is 33.6 Å². The van der Waals surface area contributed by atoms with Crippen LogP contribution in [0.3, 0.4) is 0 Å². The molecule has 11 rings (SSSR count). The molecular weight excluding hydrogens is 691 g/mol. The molecular formula is C55H39NO.